The Bertz CT molecular complexity index is 1500. The molecule has 5 rings (SSSR count). The number of carboxylic acid groups (broad SMARTS) is 1. The van der Waals surface area contributed by atoms with Gasteiger partial charge in [0.15, 0.2) is 14.6 Å². The van der Waals surface area contributed by atoms with Gasteiger partial charge in [-0.1, -0.05) is 43.8 Å². The van der Waals surface area contributed by atoms with Crippen molar-refractivity contribution in [1.82, 2.24) is 28.8 Å². The highest BCUT2D eigenvalue weighted by Gasteiger charge is 2.19. The molecule has 0 aliphatic heterocycles. The van der Waals surface area contributed by atoms with Crippen LogP contribution >= 0.6 is 34.6 Å². The largest absolute Gasteiger partial charge is 0.477 e. The summed E-state index contributed by atoms with van der Waals surface area (Å²) in [5.74, 6) is -1.75. The van der Waals surface area contributed by atoms with E-state index in [0.717, 1.165) is 40.2 Å². The number of aryl methyl sites for hydroxylation is 1. The van der Waals surface area contributed by atoms with Crippen LogP contribution in [0.3, 0.4) is 0 Å². The molecule has 16 heteroatoms. The SMILES string of the molecule is CCOC(=O)c1snnc1-c1ccccc1.COC(=O)c1snnc1C.O=C(O)c1snnc1-c1ccoc1. The molecule has 5 aromatic rings. The first kappa shape index (κ1) is 29.2. The fourth-order valence-corrected chi connectivity index (χ4v) is 4.42. The number of hydrogen-bond donors (Lipinski definition) is 1. The van der Waals surface area contributed by atoms with Gasteiger partial charge in [-0.25, -0.2) is 14.4 Å². The predicted molar refractivity (Wildman–Crippen MR) is 142 cm³/mol. The second-order valence-corrected chi connectivity index (χ2v) is 9.25. The van der Waals surface area contributed by atoms with Crippen LogP contribution in [-0.2, 0) is 9.47 Å². The number of esters is 2. The lowest BCUT2D eigenvalue weighted by atomic mass is 10.1. The van der Waals surface area contributed by atoms with E-state index in [0.29, 0.717) is 39.0 Å². The number of carboxylic acids is 1. The van der Waals surface area contributed by atoms with Crippen molar-refractivity contribution in [2.75, 3.05) is 13.7 Å². The lowest BCUT2D eigenvalue weighted by Gasteiger charge is -2.00. The first-order valence-electron chi connectivity index (χ1n) is 10.9. The Balaban J connectivity index is 0.000000166. The van der Waals surface area contributed by atoms with Crippen LogP contribution in [0.25, 0.3) is 22.5 Å². The van der Waals surface area contributed by atoms with Crippen LogP contribution < -0.4 is 0 Å². The van der Waals surface area contributed by atoms with Crippen molar-refractivity contribution in [3.8, 4) is 22.5 Å². The Morgan fingerprint density at radius 3 is 2.00 bits per heavy atom. The summed E-state index contributed by atoms with van der Waals surface area (Å²) >= 11 is 2.96. The minimum atomic E-state index is -1.02. The van der Waals surface area contributed by atoms with Crippen molar-refractivity contribution in [1.29, 1.82) is 0 Å². The van der Waals surface area contributed by atoms with Gasteiger partial charge in [-0.15, -0.1) is 15.3 Å². The summed E-state index contributed by atoms with van der Waals surface area (Å²) < 4.78 is 25.2. The lowest BCUT2D eigenvalue weighted by Crippen LogP contribution is -2.03. The van der Waals surface area contributed by atoms with Crippen molar-refractivity contribution in [2.45, 2.75) is 13.8 Å². The summed E-state index contributed by atoms with van der Waals surface area (Å²) in [6.45, 7) is 3.84. The van der Waals surface area contributed by atoms with Gasteiger partial charge >= 0.3 is 17.9 Å². The smallest absolute Gasteiger partial charge is 0.352 e. The maximum absolute atomic E-state index is 11.6. The number of carbonyl (C=O) groups is 3. The molecule has 0 aliphatic rings. The summed E-state index contributed by atoms with van der Waals surface area (Å²) in [6, 6.07) is 11.1. The van der Waals surface area contributed by atoms with Crippen LogP contribution in [0.5, 0.6) is 0 Å². The quantitative estimate of drug-likeness (QED) is 0.274. The van der Waals surface area contributed by atoms with Gasteiger partial charge in [0.2, 0.25) is 0 Å². The van der Waals surface area contributed by atoms with E-state index in [-0.39, 0.29) is 16.8 Å². The summed E-state index contributed by atoms with van der Waals surface area (Å²) in [7, 11) is 1.33. The van der Waals surface area contributed by atoms with E-state index < -0.39 is 5.97 Å². The normalized spacial score (nSPS) is 9.92. The van der Waals surface area contributed by atoms with Gasteiger partial charge in [0, 0.05) is 11.1 Å². The lowest BCUT2D eigenvalue weighted by molar-refractivity contribution is 0.0531. The zero-order chi connectivity index (χ0) is 28.2. The van der Waals surface area contributed by atoms with Crippen LogP contribution in [0, 0.1) is 6.92 Å². The van der Waals surface area contributed by atoms with Gasteiger partial charge in [0.1, 0.15) is 11.4 Å². The van der Waals surface area contributed by atoms with Gasteiger partial charge in [-0.2, -0.15) is 0 Å². The highest BCUT2D eigenvalue weighted by molar-refractivity contribution is 7.08. The molecule has 0 amide bonds. The molecule has 0 aliphatic carbocycles. The van der Waals surface area contributed by atoms with E-state index in [9.17, 15) is 14.4 Å². The van der Waals surface area contributed by atoms with Gasteiger partial charge in [0.05, 0.1) is 31.9 Å². The molecule has 0 bridgehead atoms. The predicted octanol–water partition coefficient (Wildman–Crippen LogP) is 4.51. The Morgan fingerprint density at radius 2 is 1.46 bits per heavy atom. The first-order valence-corrected chi connectivity index (χ1v) is 13.2. The highest BCUT2D eigenvalue weighted by Crippen LogP contribution is 2.25. The molecule has 202 valence electrons. The number of aromatic carboxylic acids is 1. The Labute approximate surface area is 233 Å². The van der Waals surface area contributed by atoms with E-state index >= 15 is 0 Å². The van der Waals surface area contributed by atoms with Crippen molar-refractivity contribution in [3.05, 3.63) is 69.2 Å². The molecule has 4 aromatic heterocycles. The molecule has 0 saturated carbocycles. The van der Waals surface area contributed by atoms with Crippen LogP contribution in [0.15, 0.2) is 53.3 Å². The monoisotopic (exact) mass is 588 g/mol. The molecule has 0 unspecified atom stereocenters. The first-order chi connectivity index (χ1) is 18.9. The minimum absolute atomic E-state index is 0.126. The number of furan rings is 1. The summed E-state index contributed by atoms with van der Waals surface area (Å²) in [4.78, 5) is 34.1. The number of methoxy groups -OCH3 is 1. The second kappa shape index (κ2) is 14.5. The number of nitrogens with zero attached hydrogens (tertiary/aromatic N) is 6. The van der Waals surface area contributed by atoms with Crippen LogP contribution in [0.2, 0.25) is 0 Å². The van der Waals surface area contributed by atoms with Gasteiger partial charge in [-0.3, -0.25) is 0 Å². The average Bonchev–Trinajstić information content (AvgIpc) is 3.76. The molecule has 39 heavy (non-hydrogen) atoms. The van der Waals surface area contributed by atoms with Crippen molar-refractivity contribution in [3.63, 3.8) is 0 Å². The van der Waals surface area contributed by atoms with Gasteiger partial charge in [0.25, 0.3) is 0 Å². The minimum Gasteiger partial charge on any atom is -0.477 e. The Morgan fingerprint density at radius 1 is 0.846 bits per heavy atom. The zero-order valence-corrected chi connectivity index (χ0v) is 23.1. The molecule has 0 radical (unpaired) electrons. The molecule has 4 heterocycles. The van der Waals surface area contributed by atoms with Crippen molar-refractivity contribution in [2.24, 2.45) is 0 Å². The van der Waals surface area contributed by atoms with E-state index in [4.69, 9.17) is 14.3 Å². The zero-order valence-electron chi connectivity index (χ0n) is 20.6. The third-order valence-corrected chi connectivity index (χ3v) is 6.72. The molecule has 1 aromatic carbocycles. The van der Waals surface area contributed by atoms with Crippen molar-refractivity contribution < 1.29 is 33.4 Å². The number of ether oxygens (including phenoxy) is 2. The maximum Gasteiger partial charge on any atom is 0.352 e. The molecular formula is C23H20N6O7S3. The summed E-state index contributed by atoms with van der Waals surface area (Å²) in [5, 5.41) is 20.1. The third kappa shape index (κ3) is 7.79. The standard InChI is InChI=1S/C11H10N2O2S.C7H4N2O3S.C5H6N2O2S/c1-2-15-11(14)10-9(12-13-16-10)8-6-4-3-5-7-8;10-7(11)6-5(8-9-13-6)4-1-2-12-3-4;1-3-4(5(8)9-2)10-7-6-3/h3-7H,2H2,1H3;1-3H,(H,10,11);1-2H3. The van der Waals surface area contributed by atoms with E-state index in [1.807, 2.05) is 30.3 Å². The van der Waals surface area contributed by atoms with Gasteiger partial charge in [-0.05, 0) is 54.5 Å². The van der Waals surface area contributed by atoms with E-state index in [1.54, 1.807) is 19.9 Å². The van der Waals surface area contributed by atoms with Crippen molar-refractivity contribution >= 4 is 52.5 Å². The molecule has 0 fully saturated rings. The van der Waals surface area contributed by atoms with Crippen LogP contribution in [-0.4, -0.2) is 65.5 Å². The molecular weight excluding hydrogens is 568 g/mol. The van der Waals surface area contributed by atoms with E-state index in [2.05, 4.69) is 33.5 Å². The Kier molecular flexibility index (Phi) is 10.8. The molecule has 1 N–H and O–H groups in total. The molecule has 0 saturated heterocycles. The molecule has 13 nitrogen and oxygen atoms in total. The average molecular weight is 589 g/mol. The molecule has 0 atom stereocenters. The van der Waals surface area contributed by atoms with E-state index in [1.165, 1.54) is 19.6 Å². The van der Waals surface area contributed by atoms with Crippen LogP contribution in [0.4, 0.5) is 0 Å². The highest BCUT2D eigenvalue weighted by atomic mass is 32.1. The topological polar surface area (TPSA) is 180 Å². The number of rotatable bonds is 6. The molecule has 0 spiro atoms. The number of carbonyl (C=O) groups excluding carboxylic acids is 2. The number of aromatic nitrogens is 6. The maximum atomic E-state index is 11.6. The summed E-state index contributed by atoms with van der Waals surface area (Å²) in [6.07, 6.45) is 2.89. The van der Waals surface area contributed by atoms with Crippen LogP contribution in [0.1, 0.15) is 41.6 Å². The third-order valence-electron chi connectivity index (χ3n) is 4.50. The fraction of sp³-hybridized carbons (Fsp3) is 0.174. The fourth-order valence-electron chi connectivity index (χ4n) is 2.74. The Hall–Kier alpha value is -4.41. The second-order valence-electron chi connectivity index (χ2n) is 6.98. The number of hydrogen-bond acceptors (Lipinski definition) is 15. The number of benzene rings is 1. The van der Waals surface area contributed by atoms with Gasteiger partial charge < -0.3 is 19.0 Å². The summed E-state index contributed by atoms with van der Waals surface area (Å²) in [5.41, 5.74) is 3.07.